The molecule has 1 aromatic rings. The molecule has 2 rings (SSSR count). The Kier molecular flexibility index (Phi) is 6.08. The molecule has 1 amide bonds. The SMILES string of the molecule is CC(Oc1c(Br)cc(CN)cc1Br)C(=O)N1CCCCC1. The van der Waals surface area contributed by atoms with Crippen molar-refractivity contribution in [3.63, 3.8) is 0 Å². The quantitative estimate of drug-likeness (QED) is 0.812. The van der Waals surface area contributed by atoms with Gasteiger partial charge in [-0.3, -0.25) is 4.79 Å². The van der Waals surface area contributed by atoms with Gasteiger partial charge in [0.1, 0.15) is 5.75 Å². The van der Waals surface area contributed by atoms with Crippen LogP contribution in [0.2, 0.25) is 0 Å². The lowest BCUT2D eigenvalue weighted by molar-refractivity contribution is -0.138. The maximum absolute atomic E-state index is 12.4. The number of rotatable bonds is 4. The molecule has 0 aliphatic carbocycles. The third-order valence-corrected chi connectivity index (χ3v) is 4.78. The summed E-state index contributed by atoms with van der Waals surface area (Å²) >= 11 is 6.95. The second-order valence-electron chi connectivity index (χ2n) is 5.24. The van der Waals surface area contributed by atoms with Gasteiger partial charge in [0, 0.05) is 19.6 Å². The normalized spacial score (nSPS) is 16.7. The first-order valence-corrected chi connectivity index (χ1v) is 8.75. The van der Waals surface area contributed by atoms with E-state index < -0.39 is 6.10 Å². The molecule has 1 aliphatic heterocycles. The van der Waals surface area contributed by atoms with E-state index in [9.17, 15) is 4.79 Å². The molecule has 6 heteroatoms. The van der Waals surface area contributed by atoms with Crippen molar-refractivity contribution in [1.82, 2.24) is 4.90 Å². The third-order valence-electron chi connectivity index (χ3n) is 3.60. The minimum absolute atomic E-state index is 0.0522. The standard InChI is InChI=1S/C15H20Br2N2O2/c1-10(15(20)19-5-3-2-4-6-19)21-14-12(16)7-11(9-18)8-13(14)17/h7-8,10H,2-6,9,18H2,1H3. The zero-order valence-corrected chi connectivity index (χ0v) is 15.2. The number of hydrogen-bond acceptors (Lipinski definition) is 3. The first kappa shape index (κ1) is 16.8. The molecule has 0 spiro atoms. The van der Waals surface area contributed by atoms with Crippen molar-refractivity contribution in [2.75, 3.05) is 13.1 Å². The average molecular weight is 420 g/mol. The Hall–Kier alpha value is -0.590. The van der Waals surface area contributed by atoms with E-state index in [0.29, 0.717) is 12.3 Å². The lowest BCUT2D eigenvalue weighted by Crippen LogP contribution is -2.43. The van der Waals surface area contributed by atoms with Crippen LogP contribution in [0.25, 0.3) is 0 Å². The Morgan fingerprint density at radius 1 is 1.29 bits per heavy atom. The Morgan fingerprint density at radius 3 is 2.38 bits per heavy atom. The van der Waals surface area contributed by atoms with Crippen molar-refractivity contribution < 1.29 is 9.53 Å². The molecule has 2 N–H and O–H groups in total. The number of halogens is 2. The number of carbonyl (C=O) groups excluding carboxylic acids is 1. The molecule has 1 aliphatic rings. The summed E-state index contributed by atoms with van der Waals surface area (Å²) in [5.41, 5.74) is 6.64. The smallest absolute Gasteiger partial charge is 0.263 e. The van der Waals surface area contributed by atoms with Gasteiger partial charge in [-0.2, -0.15) is 0 Å². The van der Waals surface area contributed by atoms with Gasteiger partial charge in [-0.25, -0.2) is 0 Å². The van der Waals surface area contributed by atoms with E-state index in [1.807, 2.05) is 17.0 Å². The van der Waals surface area contributed by atoms with Crippen LogP contribution < -0.4 is 10.5 Å². The number of amides is 1. The molecule has 0 radical (unpaired) electrons. The first-order chi connectivity index (χ1) is 10.0. The minimum atomic E-state index is -0.501. The molecule has 116 valence electrons. The van der Waals surface area contributed by atoms with Crippen molar-refractivity contribution in [2.24, 2.45) is 5.73 Å². The molecule has 1 saturated heterocycles. The van der Waals surface area contributed by atoms with Gasteiger partial charge >= 0.3 is 0 Å². The Labute approximate surface area is 142 Å². The summed E-state index contributed by atoms with van der Waals surface area (Å²) in [6.45, 7) is 3.92. The van der Waals surface area contributed by atoms with E-state index in [-0.39, 0.29) is 5.91 Å². The average Bonchev–Trinajstić information content (AvgIpc) is 2.50. The molecule has 21 heavy (non-hydrogen) atoms. The van der Waals surface area contributed by atoms with Crippen LogP contribution in [0, 0.1) is 0 Å². The molecule has 1 heterocycles. The lowest BCUT2D eigenvalue weighted by Gasteiger charge is -2.29. The number of benzene rings is 1. The van der Waals surface area contributed by atoms with Crippen LogP contribution in [-0.4, -0.2) is 30.0 Å². The molecular formula is C15H20Br2N2O2. The van der Waals surface area contributed by atoms with E-state index in [4.69, 9.17) is 10.5 Å². The second-order valence-corrected chi connectivity index (χ2v) is 6.95. The van der Waals surface area contributed by atoms with Crippen molar-refractivity contribution >= 4 is 37.8 Å². The fourth-order valence-electron chi connectivity index (χ4n) is 2.44. The highest BCUT2D eigenvalue weighted by Gasteiger charge is 2.24. The number of ether oxygens (including phenoxy) is 1. The van der Waals surface area contributed by atoms with Crippen molar-refractivity contribution in [2.45, 2.75) is 38.8 Å². The summed E-state index contributed by atoms with van der Waals surface area (Å²) in [5, 5.41) is 0. The van der Waals surface area contributed by atoms with E-state index >= 15 is 0 Å². The summed E-state index contributed by atoms with van der Waals surface area (Å²) in [7, 11) is 0. The van der Waals surface area contributed by atoms with Crippen LogP contribution in [0.4, 0.5) is 0 Å². The fourth-order valence-corrected chi connectivity index (χ4v) is 3.91. The highest BCUT2D eigenvalue weighted by molar-refractivity contribution is 9.11. The van der Waals surface area contributed by atoms with E-state index in [0.717, 1.165) is 40.4 Å². The van der Waals surface area contributed by atoms with Gasteiger partial charge in [0.2, 0.25) is 0 Å². The highest BCUT2D eigenvalue weighted by Crippen LogP contribution is 2.35. The summed E-state index contributed by atoms with van der Waals surface area (Å²) in [6.07, 6.45) is 2.87. The van der Waals surface area contributed by atoms with Crippen LogP contribution in [-0.2, 0) is 11.3 Å². The largest absolute Gasteiger partial charge is 0.479 e. The number of piperidine rings is 1. The van der Waals surface area contributed by atoms with Gasteiger partial charge in [-0.05, 0) is 75.7 Å². The zero-order valence-electron chi connectivity index (χ0n) is 12.1. The Bertz CT molecular complexity index is 493. The molecule has 1 atom stereocenters. The van der Waals surface area contributed by atoms with Crippen molar-refractivity contribution in [3.05, 3.63) is 26.6 Å². The maximum atomic E-state index is 12.4. The van der Waals surface area contributed by atoms with Crippen molar-refractivity contribution in [3.8, 4) is 5.75 Å². The zero-order chi connectivity index (χ0) is 15.4. The lowest BCUT2D eigenvalue weighted by atomic mass is 10.1. The number of carbonyl (C=O) groups is 1. The summed E-state index contributed by atoms with van der Waals surface area (Å²) in [5.74, 6) is 0.696. The van der Waals surface area contributed by atoms with Gasteiger partial charge in [0.25, 0.3) is 5.91 Å². The van der Waals surface area contributed by atoms with Crippen LogP contribution in [0.15, 0.2) is 21.1 Å². The molecule has 0 bridgehead atoms. The second kappa shape index (κ2) is 7.61. The van der Waals surface area contributed by atoms with Gasteiger partial charge in [0.05, 0.1) is 8.95 Å². The summed E-state index contributed by atoms with van der Waals surface area (Å²) in [6, 6.07) is 3.83. The van der Waals surface area contributed by atoms with Crippen LogP contribution >= 0.6 is 31.9 Å². The molecule has 1 fully saturated rings. The molecule has 4 nitrogen and oxygen atoms in total. The molecule has 0 saturated carbocycles. The molecule has 1 aromatic carbocycles. The van der Waals surface area contributed by atoms with Crippen molar-refractivity contribution in [1.29, 1.82) is 0 Å². The number of nitrogens with zero attached hydrogens (tertiary/aromatic N) is 1. The maximum Gasteiger partial charge on any atom is 0.263 e. The van der Waals surface area contributed by atoms with E-state index in [1.165, 1.54) is 6.42 Å². The fraction of sp³-hybridized carbons (Fsp3) is 0.533. The van der Waals surface area contributed by atoms with Crippen LogP contribution in [0.5, 0.6) is 5.75 Å². The Balaban J connectivity index is 2.08. The Morgan fingerprint density at radius 2 is 1.86 bits per heavy atom. The molecule has 0 aromatic heterocycles. The summed E-state index contributed by atoms with van der Waals surface area (Å²) < 4.78 is 7.47. The predicted molar refractivity (Wildman–Crippen MR) is 90.3 cm³/mol. The van der Waals surface area contributed by atoms with Crippen LogP contribution in [0.3, 0.4) is 0 Å². The van der Waals surface area contributed by atoms with Gasteiger partial charge < -0.3 is 15.4 Å². The van der Waals surface area contributed by atoms with Gasteiger partial charge in [-0.15, -0.1) is 0 Å². The monoisotopic (exact) mass is 418 g/mol. The molecule has 1 unspecified atom stereocenters. The van der Waals surface area contributed by atoms with Gasteiger partial charge in [-0.1, -0.05) is 0 Å². The third kappa shape index (κ3) is 4.20. The summed E-state index contributed by atoms with van der Waals surface area (Å²) in [4.78, 5) is 14.3. The predicted octanol–water partition coefficient (Wildman–Crippen LogP) is 3.45. The van der Waals surface area contributed by atoms with E-state index in [2.05, 4.69) is 31.9 Å². The number of nitrogens with two attached hydrogens (primary N) is 1. The topological polar surface area (TPSA) is 55.6 Å². The highest BCUT2D eigenvalue weighted by atomic mass is 79.9. The minimum Gasteiger partial charge on any atom is -0.479 e. The number of likely N-dealkylation sites (tertiary alicyclic amines) is 1. The molecular weight excluding hydrogens is 400 g/mol. The number of hydrogen-bond donors (Lipinski definition) is 1. The van der Waals surface area contributed by atoms with E-state index in [1.54, 1.807) is 6.92 Å². The van der Waals surface area contributed by atoms with Gasteiger partial charge in [0.15, 0.2) is 6.10 Å². The first-order valence-electron chi connectivity index (χ1n) is 7.16. The van der Waals surface area contributed by atoms with Crippen LogP contribution in [0.1, 0.15) is 31.7 Å².